The van der Waals surface area contributed by atoms with Gasteiger partial charge in [-0.1, -0.05) is 13.8 Å². The minimum atomic E-state index is -0.386. The van der Waals surface area contributed by atoms with Crippen molar-refractivity contribution in [2.24, 2.45) is 5.92 Å². The van der Waals surface area contributed by atoms with Gasteiger partial charge in [0.2, 0.25) is 0 Å². The van der Waals surface area contributed by atoms with Crippen LogP contribution in [-0.2, 0) is 4.74 Å². The Hall–Kier alpha value is -2.11. The molecule has 1 aromatic rings. The zero-order valence-electron chi connectivity index (χ0n) is 12.2. The molecule has 0 spiro atoms. The van der Waals surface area contributed by atoms with E-state index in [1.54, 1.807) is 31.1 Å². The van der Waals surface area contributed by atoms with Crippen LogP contribution in [0.3, 0.4) is 0 Å². The summed E-state index contributed by atoms with van der Waals surface area (Å²) >= 11 is 0. The first-order chi connectivity index (χ1) is 9.41. The van der Waals surface area contributed by atoms with Gasteiger partial charge in [-0.25, -0.2) is 9.78 Å². The molecule has 2 amide bonds. The number of amides is 2. The molecule has 1 aliphatic heterocycles. The van der Waals surface area contributed by atoms with Crippen LogP contribution in [-0.4, -0.2) is 48.6 Å². The number of aromatic nitrogens is 1. The summed E-state index contributed by atoms with van der Waals surface area (Å²) < 4.78 is 5.08. The number of rotatable bonds is 3. The molecular formula is C14H19N3O3. The molecule has 0 bridgehead atoms. The number of hydrogen-bond donors (Lipinski definition) is 0. The van der Waals surface area contributed by atoms with E-state index in [2.05, 4.69) is 4.98 Å². The third kappa shape index (κ3) is 2.59. The number of carbonyl (C=O) groups is 2. The van der Waals surface area contributed by atoms with Crippen LogP contribution in [0.2, 0.25) is 0 Å². The predicted octanol–water partition coefficient (Wildman–Crippen LogP) is 1.76. The lowest BCUT2D eigenvalue weighted by atomic mass is 10.0. The van der Waals surface area contributed by atoms with Gasteiger partial charge >= 0.3 is 6.09 Å². The second kappa shape index (κ2) is 5.48. The van der Waals surface area contributed by atoms with Crippen molar-refractivity contribution in [3.8, 4) is 0 Å². The molecule has 0 aromatic carbocycles. The lowest BCUT2D eigenvalue weighted by Gasteiger charge is -2.23. The van der Waals surface area contributed by atoms with Crippen LogP contribution in [0.25, 0.3) is 0 Å². The van der Waals surface area contributed by atoms with Gasteiger partial charge in [0, 0.05) is 20.3 Å². The highest BCUT2D eigenvalue weighted by Gasteiger charge is 2.36. The molecule has 1 saturated heterocycles. The number of hydrogen-bond acceptors (Lipinski definition) is 4. The highest BCUT2D eigenvalue weighted by atomic mass is 16.6. The van der Waals surface area contributed by atoms with Crippen LogP contribution < -0.4 is 4.90 Å². The topological polar surface area (TPSA) is 62.7 Å². The molecule has 2 rings (SSSR count). The van der Waals surface area contributed by atoms with Gasteiger partial charge in [0.25, 0.3) is 5.91 Å². The summed E-state index contributed by atoms with van der Waals surface area (Å²) in [7, 11) is 3.37. The van der Waals surface area contributed by atoms with E-state index >= 15 is 0 Å². The van der Waals surface area contributed by atoms with Crippen molar-refractivity contribution in [2.75, 3.05) is 25.6 Å². The van der Waals surface area contributed by atoms with E-state index in [-0.39, 0.29) is 24.0 Å². The SMILES string of the molecule is CC(C)[C@H]1COC(=O)N1c1ccc(C(=O)N(C)C)cn1. The van der Waals surface area contributed by atoms with Gasteiger partial charge in [0.15, 0.2) is 0 Å². The summed E-state index contributed by atoms with van der Waals surface area (Å²) in [6.45, 7) is 4.43. The van der Waals surface area contributed by atoms with E-state index in [1.165, 1.54) is 11.1 Å². The Morgan fingerprint density at radius 3 is 2.65 bits per heavy atom. The number of carbonyl (C=O) groups excluding carboxylic acids is 2. The molecule has 1 aliphatic rings. The lowest BCUT2D eigenvalue weighted by molar-refractivity contribution is 0.0827. The monoisotopic (exact) mass is 277 g/mol. The highest BCUT2D eigenvalue weighted by molar-refractivity contribution is 5.94. The van der Waals surface area contributed by atoms with Crippen LogP contribution in [0.15, 0.2) is 18.3 Å². The van der Waals surface area contributed by atoms with Gasteiger partial charge < -0.3 is 9.64 Å². The molecule has 1 aromatic heterocycles. The molecule has 1 atom stereocenters. The summed E-state index contributed by atoms with van der Waals surface area (Å²) in [4.78, 5) is 30.9. The smallest absolute Gasteiger partial charge is 0.415 e. The molecule has 0 radical (unpaired) electrons. The first-order valence-corrected chi connectivity index (χ1v) is 6.55. The molecular weight excluding hydrogens is 258 g/mol. The van der Waals surface area contributed by atoms with Crippen molar-refractivity contribution in [1.29, 1.82) is 0 Å². The molecule has 1 fully saturated rings. The van der Waals surface area contributed by atoms with Crippen LogP contribution in [0.5, 0.6) is 0 Å². The van der Waals surface area contributed by atoms with Crippen molar-refractivity contribution in [2.45, 2.75) is 19.9 Å². The van der Waals surface area contributed by atoms with Gasteiger partial charge in [-0.05, 0) is 18.1 Å². The van der Waals surface area contributed by atoms with Crippen LogP contribution in [0.4, 0.5) is 10.6 Å². The van der Waals surface area contributed by atoms with E-state index in [4.69, 9.17) is 4.74 Å². The molecule has 0 aliphatic carbocycles. The zero-order valence-corrected chi connectivity index (χ0v) is 12.2. The van der Waals surface area contributed by atoms with Crippen LogP contribution in [0, 0.1) is 5.92 Å². The molecule has 20 heavy (non-hydrogen) atoms. The maximum Gasteiger partial charge on any atom is 0.415 e. The van der Waals surface area contributed by atoms with E-state index in [9.17, 15) is 9.59 Å². The van der Waals surface area contributed by atoms with Gasteiger partial charge in [0.05, 0.1) is 11.6 Å². The quantitative estimate of drug-likeness (QED) is 0.844. The molecule has 2 heterocycles. The minimum Gasteiger partial charge on any atom is -0.447 e. The molecule has 0 saturated carbocycles. The Kier molecular flexibility index (Phi) is 3.92. The van der Waals surface area contributed by atoms with E-state index < -0.39 is 0 Å². The van der Waals surface area contributed by atoms with E-state index in [1.807, 2.05) is 13.8 Å². The standard InChI is InChI=1S/C14H19N3O3/c1-9(2)11-8-20-14(19)17(11)12-6-5-10(7-15-12)13(18)16(3)4/h5-7,9,11H,8H2,1-4H3/t11-/m1/s1. The lowest BCUT2D eigenvalue weighted by Crippen LogP contribution is -2.37. The van der Waals surface area contributed by atoms with E-state index in [0.717, 1.165) is 0 Å². The second-order valence-corrected chi connectivity index (χ2v) is 5.36. The normalized spacial score (nSPS) is 18.4. The summed E-state index contributed by atoms with van der Waals surface area (Å²) in [5.41, 5.74) is 0.493. The Morgan fingerprint density at radius 2 is 2.15 bits per heavy atom. The number of nitrogens with zero attached hydrogens (tertiary/aromatic N) is 3. The zero-order chi connectivity index (χ0) is 14.9. The minimum absolute atomic E-state index is 0.0228. The summed E-state index contributed by atoms with van der Waals surface area (Å²) in [6.07, 6.45) is 1.10. The Balaban J connectivity index is 2.25. The van der Waals surface area contributed by atoms with Crippen molar-refractivity contribution < 1.29 is 14.3 Å². The highest BCUT2D eigenvalue weighted by Crippen LogP contribution is 2.25. The molecule has 6 nitrogen and oxygen atoms in total. The van der Waals surface area contributed by atoms with Gasteiger partial charge in [-0.3, -0.25) is 9.69 Å². The molecule has 0 N–H and O–H groups in total. The van der Waals surface area contributed by atoms with Crippen molar-refractivity contribution in [3.63, 3.8) is 0 Å². The van der Waals surface area contributed by atoms with Gasteiger partial charge in [0.1, 0.15) is 12.4 Å². The third-order valence-corrected chi connectivity index (χ3v) is 3.32. The molecule has 6 heteroatoms. The number of anilines is 1. The Morgan fingerprint density at radius 1 is 1.45 bits per heavy atom. The average Bonchev–Trinajstić information content (AvgIpc) is 2.80. The maximum atomic E-state index is 11.8. The van der Waals surface area contributed by atoms with Gasteiger partial charge in [-0.2, -0.15) is 0 Å². The third-order valence-electron chi connectivity index (χ3n) is 3.32. The summed E-state index contributed by atoms with van der Waals surface area (Å²) in [5, 5.41) is 0. The number of ether oxygens (including phenoxy) is 1. The van der Waals surface area contributed by atoms with Crippen molar-refractivity contribution in [3.05, 3.63) is 23.9 Å². The molecule has 108 valence electrons. The Labute approximate surface area is 118 Å². The number of cyclic esters (lactones) is 1. The first kappa shape index (κ1) is 14.3. The molecule has 0 unspecified atom stereocenters. The van der Waals surface area contributed by atoms with Crippen molar-refractivity contribution >= 4 is 17.8 Å². The first-order valence-electron chi connectivity index (χ1n) is 6.55. The fourth-order valence-corrected chi connectivity index (χ4v) is 2.10. The van der Waals surface area contributed by atoms with E-state index in [0.29, 0.717) is 18.0 Å². The van der Waals surface area contributed by atoms with Crippen molar-refractivity contribution in [1.82, 2.24) is 9.88 Å². The largest absolute Gasteiger partial charge is 0.447 e. The van der Waals surface area contributed by atoms with Crippen LogP contribution in [0.1, 0.15) is 24.2 Å². The maximum absolute atomic E-state index is 11.8. The Bertz CT molecular complexity index is 511. The fraction of sp³-hybridized carbons (Fsp3) is 0.500. The summed E-state index contributed by atoms with van der Waals surface area (Å²) in [6, 6.07) is 3.33. The average molecular weight is 277 g/mol. The summed E-state index contributed by atoms with van der Waals surface area (Å²) in [5.74, 6) is 0.668. The second-order valence-electron chi connectivity index (χ2n) is 5.36. The number of pyridine rings is 1. The predicted molar refractivity (Wildman–Crippen MR) is 74.7 cm³/mol. The fourth-order valence-electron chi connectivity index (χ4n) is 2.10. The van der Waals surface area contributed by atoms with Gasteiger partial charge in [-0.15, -0.1) is 0 Å². The van der Waals surface area contributed by atoms with Crippen LogP contribution >= 0.6 is 0 Å².